The van der Waals surface area contributed by atoms with Crippen LogP contribution in [0.1, 0.15) is 9.75 Å². The maximum atomic E-state index is 14.9. The number of fused-ring (bicyclic) bond motifs is 1. The van der Waals surface area contributed by atoms with Crippen molar-refractivity contribution in [2.75, 3.05) is 7.11 Å². The number of pyridine rings is 1. The molecule has 0 saturated heterocycles. The number of aryl methyl sites for hydroxylation is 2. The molecule has 7 rings (SSSR count). The number of ether oxygens (including phenoxy) is 1. The van der Waals surface area contributed by atoms with Crippen LogP contribution in [-0.2, 0) is 0 Å². The minimum atomic E-state index is -0.149. The van der Waals surface area contributed by atoms with E-state index in [1.54, 1.807) is 34.4 Å². The Hall–Kier alpha value is -4.85. The number of benzene rings is 4. The molecule has 7 aromatic rings. The molecule has 0 radical (unpaired) electrons. The topological polar surface area (TPSA) is 57.0 Å². The lowest BCUT2D eigenvalue weighted by molar-refractivity contribution is 0.415. The van der Waals surface area contributed by atoms with Gasteiger partial charge in [0.05, 0.1) is 29.6 Å². The fourth-order valence-corrected chi connectivity index (χ4v) is 7.31. The quantitative estimate of drug-likeness (QED) is 0.192. The summed E-state index contributed by atoms with van der Waals surface area (Å²) in [4.78, 5) is 27.2. The number of hydrogen-bond donors (Lipinski definition) is 0. The van der Waals surface area contributed by atoms with Crippen molar-refractivity contribution in [3.05, 3.63) is 129 Å². The Balaban J connectivity index is 1.61. The number of thiazole rings is 2. The summed E-state index contributed by atoms with van der Waals surface area (Å²) in [6.45, 7) is 4.11. The number of nitrogens with zero attached hydrogens (tertiary/aromatic N) is 3. The summed E-state index contributed by atoms with van der Waals surface area (Å²) >= 11 is 3.23. The number of aromatic nitrogens is 3. The number of hydrogen-bond acceptors (Lipinski definition) is 6. The molecular formula is C36H27N3O2S2. The summed E-state index contributed by atoms with van der Waals surface area (Å²) in [6, 6.07) is 35.9. The summed E-state index contributed by atoms with van der Waals surface area (Å²) in [6.07, 6.45) is 0. The molecule has 0 aliphatic heterocycles. The SMILES string of the molecule is COc1ccc2c(-c3nc(-c4ccccc4)sc3C)c(-c3nc(-c4ccccc4)sc3C)c(=O)n(-c3ccccc3)c2c1. The van der Waals surface area contributed by atoms with Crippen molar-refractivity contribution in [3.63, 3.8) is 0 Å². The van der Waals surface area contributed by atoms with E-state index in [0.717, 1.165) is 58.7 Å². The van der Waals surface area contributed by atoms with Crippen molar-refractivity contribution in [2.24, 2.45) is 0 Å². The van der Waals surface area contributed by atoms with Crippen LogP contribution in [0.4, 0.5) is 0 Å². The highest BCUT2D eigenvalue weighted by molar-refractivity contribution is 7.15. The summed E-state index contributed by atoms with van der Waals surface area (Å²) in [7, 11) is 1.64. The average molecular weight is 598 g/mol. The van der Waals surface area contributed by atoms with Crippen molar-refractivity contribution in [3.8, 4) is 55.1 Å². The van der Waals surface area contributed by atoms with E-state index >= 15 is 0 Å². The second-order valence-corrected chi connectivity index (χ2v) is 12.6. The standard InChI is InChI=1S/C36H27N3O2S2/c1-22-32(37-34(42-22)24-13-7-4-8-14-24)30-28-20-19-27(41-3)21-29(28)39(26-17-11-6-12-18-26)36(40)31(30)33-23(2)43-35(38-33)25-15-9-5-10-16-25/h4-21H,1-3H3. The van der Waals surface area contributed by atoms with Crippen LogP contribution in [0.3, 0.4) is 0 Å². The van der Waals surface area contributed by atoms with Gasteiger partial charge in [0.2, 0.25) is 0 Å². The molecule has 210 valence electrons. The largest absolute Gasteiger partial charge is 0.497 e. The van der Waals surface area contributed by atoms with E-state index in [1.807, 2.05) is 91.9 Å². The highest BCUT2D eigenvalue weighted by Gasteiger charge is 2.27. The Morgan fingerprint density at radius 3 is 1.70 bits per heavy atom. The second-order valence-electron chi connectivity index (χ2n) is 10.2. The van der Waals surface area contributed by atoms with Gasteiger partial charge in [0, 0.05) is 43.6 Å². The van der Waals surface area contributed by atoms with Crippen molar-refractivity contribution in [2.45, 2.75) is 13.8 Å². The van der Waals surface area contributed by atoms with Gasteiger partial charge in [-0.2, -0.15) is 0 Å². The van der Waals surface area contributed by atoms with Gasteiger partial charge in [0.15, 0.2) is 0 Å². The Morgan fingerprint density at radius 1 is 0.651 bits per heavy atom. The molecule has 7 heteroatoms. The predicted molar refractivity (Wildman–Crippen MR) is 179 cm³/mol. The van der Waals surface area contributed by atoms with E-state index in [1.165, 1.54) is 0 Å². The minimum Gasteiger partial charge on any atom is -0.497 e. The average Bonchev–Trinajstić information content (AvgIpc) is 3.63. The number of methoxy groups -OCH3 is 1. The first-order valence-electron chi connectivity index (χ1n) is 13.9. The molecule has 0 unspecified atom stereocenters. The molecule has 0 amide bonds. The van der Waals surface area contributed by atoms with Crippen LogP contribution in [-0.4, -0.2) is 21.6 Å². The van der Waals surface area contributed by atoms with E-state index in [0.29, 0.717) is 17.0 Å². The number of rotatable bonds is 6. The first kappa shape index (κ1) is 27.0. The maximum Gasteiger partial charge on any atom is 0.265 e. The van der Waals surface area contributed by atoms with Crippen LogP contribution in [0.15, 0.2) is 114 Å². The van der Waals surface area contributed by atoms with Crippen molar-refractivity contribution < 1.29 is 4.74 Å². The molecule has 0 N–H and O–H groups in total. The molecule has 0 saturated carbocycles. The molecule has 0 atom stereocenters. The Morgan fingerprint density at radius 2 is 1.16 bits per heavy atom. The summed E-state index contributed by atoms with van der Waals surface area (Å²) in [5.41, 5.74) is 6.25. The molecule has 0 aliphatic carbocycles. The van der Waals surface area contributed by atoms with E-state index < -0.39 is 0 Å². The van der Waals surface area contributed by atoms with Crippen LogP contribution in [0.5, 0.6) is 5.75 Å². The van der Waals surface area contributed by atoms with Gasteiger partial charge in [-0.15, -0.1) is 22.7 Å². The van der Waals surface area contributed by atoms with Gasteiger partial charge in [-0.05, 0) is 38.1 Å². The van der Waals surface area contributed by atoms with E-state index in [-0.39, 0.29) is 5.56 Å². The lowest BCUT2D eigenvalue weighted by atomic mass is 9.96. The molecule has 3 heterocycles. The molecule has 5 nitrogen and oxygen atoms in total. The van der Waals surface area contributed by atoms with Crippen molar-refractivity contribution in [1.29, 1.82) is 0 Å². The lowest BCUT2D eigenvalue weighted by Crippen LogP contribution is -2.22. The molecule has 0 spiro atoms. The lowest BCUT2D eigenvalue weighted by Gasteiger charge is -2.18. The third kappa shape index (κ3) is 4.76. The van der Waals surface area contributed by atoms with Crippen LogP contribution in [0.2, 0.25) is 0 Å². The highest BCUT2D eigenvalue weighted by atomic mass is 32.1. The fourth-order valence-electron chi connectivity index (χ4n) is 5.46. The Kier molecular flexibility index (Phi) is 6.97. The van der Waals surface area contributed by atoms with Crippen molar-refractivity contribution in [1.82, 2.24) is 14.5 Å². The molecule has 4 aromatic carbocycles. The minimum absolute atomic E-state index is 0.149. The molecule has 0 bridgehead atoms. The summed E-state index contributed by atoms with van der Waals surface area (Å²) in [5, 5.41) is 2.69. The van der Waals surface area contributed by atoms with Gasteiger partial charge in [-0.3, -0.25) is 9.36 Å². The van der Waals surface area contributed by atoms with Gasteiger partial charge in [-0.1, -0.05) is 78.9 Å². The van der Waals surface area contributed by atoms with Gasteiger partial charge in [0.25, 0.3) is 5.56 Å². The van der Waals surface area contributed by atoms with Crippen LogP contribution in [0.25, 0.3) is 60.2 Å². The maximum absolute atomic E-state index is 14.9. The first-order valence-corrected chi connectivity index (χ1v) is 15.6. The fraction of sp³-hybridized carbons (Fsp3) is 0.0833. The van der Waals surface area contributed by atoms with Gasteiger partial charge < -0.3 is 4.74 Å². The van der Waals surface area contributed by atoms with E-state index in [9.17, 15) is 4.79 Å². The summed E-state index contributed by atoms with van der Waals surface area (Å²) < 4.78 is 7.41. The van der Waals surface area contributed by atoms with Crippen LogP contribution < -0.4 is 10.3 Å². The normalized spacial score (nSPS) is 11.2. The van der Waals surface area contributed by atoms with Crippen LogP contribution in [0, 0.1) is 13.8 Å². The third-order valence-corrected chi connectivity index (χ3v) is 9.54. The highest BCUT2D eigenvalue weighted by Crippen LogP contribution is 2.43. The van der Waals surface area contributed by atoms with E-state index in [4.69, 9.17) is 14.7 Å². The van der Waals surface area contributed by atoms with Crippen molar-refractivity contribution >= 4 is 33.6 Å². The molecule has 0 fully saturated rings. The zero-order valence-corrected chi connectivity index (χ0v) is 25.5. The Bertz CT molecular complexity index is 2150. The molecular weight excluding hydrogens is 571 g/mol. The second kappa shape index (κ2) is 11.1. The van der Waals surface area contributed by atoms with Gasteiger partial charge in [0.1, 0.15) is 15.8 Å². The zero-order chi connectivity index (χ0) is 29.5. The van der Waals surface area contributed by atoms with E-state index in [2.05, 4.69) is 31.2 Å². The molecule has 43 heavy (non-hydrogen) atoms. The number of para-hydroxylation sites is 1. The monoisotopic (exact) mass is 597 g/mol. The predicted octanol–water partition coefficient (Wildman–Crippen LogP) is 9.20. The molecule has 0 aliphatic rings. The third-order valence-electron chi connectivity index (χ3n) is 7.50. The zero-order valence-electron chi connectivity index (χ0n) is 23.9. The Labute approximate surface area is 257 Å². The molecule has 3 aromatic heterocycles. The van der Waals surface area contributed by atoms with Gasteiger partial charge in [-0.25, -0.2) is 9.97 Å². The smallest absolute Gasteiger partial charge is 0.265 e. The summed E-state index contributed by atoms with van der Waals surface area (Å²) in [5.74, 6) is 0.673. The van der Waals surface area contributed by atoms with Gasteiger partial charge >= 0.3 is 0 Å². The van der Waals surface area contributed by atoms with Crippen LogP contribution >= 0.6 is 22.7 Å². The first-order chi connectivity index (χ1) is 21.0.